The second-order valence-corrected chi connectivity index (χ2v) is 5.51. The molecule has 0 aliphatic carbocycles. The summed E-state index contributed by atoms with van der Waals surface area (Å²) in [6.07, 6.45) is 1.96. The maximum atomic E-state index is 5.36. The average molecular weight is 331 g/mol. The zero-order chi connectivity index (χ0) is 13.9. The van der Waals surface area contributed by atoms with Crippen molar-refractivity contribution in [1.29, 1.82) is 0 Å². The van der Waals surface area contributed by atoms with Crippen LogP contribution in [0.1, 0.15) is 5.56 Å². The third kappa shape index (κ3) is 2.65. The fraction of sp³-hybridized carbons (Fsp3) is 0.125. The number of benzene rings is 2. The van der Waals surface area contributed by atoms with Gasteiger partial charge in [-0.15, -0.1) is 0 Å². The minimum absolute atomic E-state index is 0.758. The van der Waals surface area contributed by atoms with Gasteiger partial charge in [0.2, 0.25) is 0 Å². The van der Waals surface area contributed by atoms with Crippen LogP contribution in [0.15, 0.2) is 53.1 Å². The van der Waals surface area contributed by atoms with Crippen molar-refractivity contribution in [2.45, 2.75) is 6.54 Å². The number of aromatic nitrogens is 1. The maximum absolute atomic E-state index is 5.36. The van der Waals surface area contributed by atoms with E-state index in [0.717, 1.165) is 28.0 Å². The first kappa shape index (κ1) is 13.1. The zero-order valence-electron chi connectivity index (χ0n) is 11.1. The predicted molar refractivity (Wildman–Crippen MR) is 86.3 cm³/mol. The van der Waals surface area contributed by atoms with Crippen LogP contribution in [-0.4, -0.2) is 12.1 Å². The Bertz CT molecular complexity index is 736. The van der Waals surface area contributed by atoms with Crippen molar-refractivity contribution in [3.8, 4) is 5.75 Å². The number of rotatable bonds is 4. The molecule has 0 bridgehead atoms. The molecule has 0 spiro atoms. The standard InChI is InChI=1S/C16H15BrN2O/c1-20-16-5-3-13(17)9-15(16)19-10-11-2-4-14-12(8-11)6-7-18-14/h2-9,18-19H,10H2,1H3. The first-order valence-corrected chi connectivity index (χ1v) is 7.19. The number of aromatic amines is 1. The average Bonchev–Trinajstić information content (AvgIpc) is 2.92. The third-order valence-corrected chi connectivity index (χ3v) is 3.76. The number of nitrogens with one attached hydrogen (secondary N) is 2. The normalized spacial score (nSPS) is 10.7. The summed E-state index contributed by atoms with van der Waals surface area (Å²) in [6.45, 7) is 0.758. The largest absolute Gasteiger partial charge is 0.495 e. The molecule has 0 saturated heterocycles. The van der Waals surface area contributed by atoms with Crippen LogP contribution < -0.4 is 10.1 Å². The fourth-order valence-corrected chi connectivity index (χ4v) is 2.59. The van der Waals surface area contributed by atoms with E-state index in [4.69, 9.17) is 4.74 Å². The van der Waals surface area contributed by atoms with E-state index >= 15 is 0 Å². The third-order valence-electron chi connectivity index (χ3n) is 3.26. The second kappa shape index (κ2) is 5.59. The van der Waals surface area contributed by atoms with Crippen LogP contribution in [0.25, 0.3) is 10.9 Å². The molecule has 1 aromatic heterocycles. The monoisotopic (exact) mass is 330 g/mol. The summed E-state index contributed by atoms with van der Waals surface area (Å²) in [7, 11) is 1.68. The van der Waals surface area contributed by atoms with E-state index in [1.807, 2.05) is 24.4 Å². The molecule has 1 heterocycles. The SMILES string of the molecule is COc1ccc(Br)cc1NCc1ccc2[nH]ccc2c1. The molecule has 0 atom stereocenters. The van der Waals surface area contributed by atoms with Crippen LogP contribution in [0.3, 0.4) is 0 Å². The molecule has 0 amide bonds. The highest BCUT2D eigenvalue weighted by Gasteiger charge is 2.04. The van der Waals surface area contributed by atoms with E-state index in [2.05, 4.69) is 50.5 Å². The number of halogens is 1. The molecule has 0 aliphatic rings. The Kier molecular flexibility index (Phi) is 3.65. The van der Waals surface area contributed by atoms with Crippen LogP contribution in [0.2, 0.25) is 0 Å². The van der Waals surface area contributed by atoms with Crippen molar-refractivity contribution in [2.24, 2.45) is 0 Å². The van der Waals surface area contributed by atoms with Gasteiger partial charge in [-0.3, -0.25) is 0 Å². The molecule has 0 unspecified atom stereocenters. The van der Waals surface area contributed by atoms with Crippen LogP contribution in [0.4, 0.5) is 5.69 Å². The highest BCUT2D eigenvalue weighted by molar-refractivity contribution is 9.10. The van der Waals surface area contributed by atoms with E-state index in [-0.39, 0.29) is 0 Å². The van der Waals surface area contributed by atoms with Crippen molar-refractivity contribution >= 4 is 32.5 Å². The van der Waals surface area contributed by atoms with Gasteiger partial charge in [0.05, 0.1) is 12.8 Å². The quantitative estimate of drug-likeness (QED) is 0.736. The van der Waals surface area contributed by atoms with E-state index in [1.165, 1.54) is 10.9 Å². The molecule has 0 aliphatic heterocycles. The summed E-state index contributed by atoms with van der Waals surface area (Å²) in [5.41, 5.74) is 3.38. The molecule has 0 radical (unpaired) electrons. The van der Waals surface area contributed by atoms with Gasteiger partial charge in [0.15, 0.2) is 0 Å². The van der Waals surface area contributed by atoms with Crippen molar-refractivity contribution in [3.05, 3.63) is 58.7 Å². The molecule has 20 heavy (non-hydrogen) atoms. The molecule has 3 nitrogen and oxygen atoms in total. The molecular formula is C16H15BrN2O. The van der Waals surface area contributed by atoms with Gasteiger partial charge in [0.25, 0.3) is 0 Å². The molecule has 102 valence electrons. The molecular weight excluding hydrogens is 316 g/mol. The summed E-state index contributed by atoms with van der Waals surface area (Å²) in [5, 5.41) is 4.64. The van der Waals surface area contributed by atoms with Gasteiger partial charge < -0.3 is 15.0 Å². The molecule has 0 saturated carbocycles. The Morgan fingerprint density at radius 1 is 1.15 bits per heavy atom. The topological polar surface area (TPSA) is 37.0 Å². The fourth-order valence-electron chi connectivity index (χ4n) is 2.23. The lowest BCUT2D eigenvalue weighted by Gasteiger charge is -2.11. The van der Waals surface area contributed by atoms with Crippen molar-refractivity contribution < 1.29 is 4.74 Å². The molecule has 3 aromatic rings. The van der Waals surface area contributed by atoms with Crippen LogP contribution >= 0.6 is 15.9 Å². The number of anilines is 1. The first-order valence-electron chi connectivity index (χ1n) is 6.40. The number of methoxy groups -OCH3 is 1. The molecule has 0 fully saturated rings. The van der Waals surface area contributed by atoms with Crippen molar-refractivity contribution in [3.63, 3.8) is 0 Å². The van der Waals surface area contributed by atoms with Crippen molar-refractivity contribution in [1.82, 2.24) is 4.98 Å². The number of hydrogen-bond acceptors (Lipinski definition) is 2. The van der Waals surface area contributed by atoms with Gasteiger partial charge in [0.1, 0.15) is 5.75 Å². The highest BCUT2D eigenvalue weighted by atomic mass is 79.9. The van der Waals surface area contributed by atoms with Gasteiger partial charge in [-0.25, -0.2) is 0 Å². The lowest BCUT2D eigenvalue weighted by atomic mass is 10.1. The van der Waals surface area contributed by atoms with Crippen molar-refractivity contribution in [2.75, 3.05) is 12.4 Å². The highest BCUT2D eigenvalue weighted by Crippen LogP contribution is 2.28. The Morgan fingerprint density at radius 3 is 2.90 bits per heavy atom. The van der Waals surface area contributed by atoms with Gasteiger partial charge in [-0.1, -0.05) is 22.0 Å². The summed E-state index contributed by atoms with van der Waals surface area (Å²) in [5.74, 6) is 0.843. The van der Waals surface area contributed by atoms with Gasteiger partial charge in [-0.05, 0) is 47.3 Å². The number of hydrogen-bond donors (Lipinski definition) is 2. The second-order valence-electron chi connectivity index (χ2n) is 4.60. The van der Waals surface area contributed by atoms with Crippen LogP contribution in [-0.2, 0) is 6.54 Å². The van der Waals surface area contributed by atoms with Gasteiger partial charge in [0, 0.05) is 22.7 Å². The number of fused-ring (bicyclic) bond motifs is 1. The first-order chi connectivity index (χ1) is 9.76. The van der Waals surface area contributed by atoms with Crippen LogP contribution in [0.5, 0.6) is 5.75 Å². The van der Waals surface area contributed by atoms with Gasteiger partial charge in [-0.2, -0.15) is 0 Å². The summed E-state index contributed by atoms with van der Waals surface area (Å²) < 4.78 is 6.39. The van der Waals surface area contributed by atoms with E-state index in [9.17, 15) is 0 Å². The zero-order valence-corrected chi connectivity index (χ0v) is 12.7. The number of H-pyrrole nitrogens is 1. The smallest absolute Gasteiger partial charge is 0.142 e. The Morgan fingerprint density at radius 2 is 2.05 bits per heavy atom. The predicted octanol–water partition coefficient (Wildman–Crippen LogP) is 4.55. The van der Waals surface area contributed by atoms with E-state index < -0.39 is 0 Å². The summed E-state index contributed by atoms with van der Waals surface area (Å²) in [6, 6.07) is 14.4. The Labute approximate surface area is 126 Å². The molecule has 4 heteroatoms. The lowest BCUT2D eigenvalue weighted by molar-refractivity contribution is 0.416. The Hall–Kier alpha value is -1.94. The van der Waals surface area contributed by atoms with E-state index in [1.54, 1.807) is 7.11 Å². The molecule has 3 rings (SSSR count). The maximum Gasteiger partial charge on any atom is 0.142 e. The minimum Gasteiger partial charge on any atom is -0.495 e. The summed E-state index contributed by atoms with van der Waals surface area (Å²) >= 11 is 3.48. The molecule has 2 aromatic carbocycles. The summed E-state index contributed by atoms with van der Waals surface area (Å²) in [4.78, 5) is 3.20. The van der Waals surface area contributed by atoms with Gasteiger partial charge >= 0.3 is 0 Å². The molecule has 2 N–H and O–H groups in total. The van der Waals surface area contributed by atoms with Crippen LogP contribution in [0, 0.1) is 0 Å². The Balaban J connectivity index is 1.80. The number of ether oxygens (including phenoxy) is 1. The minimum atomic E-state index is 0.758. The lowest BCUT2D eigenvalue weighted by Crippen LogP contribution is -2.01. The van der Waals surface area contributed by atoms with E-state index in [0.29, 0.717) is 0 Å².